The Kier molecular flexibility index (Phi) is 4.48. The lowest BCUT2D eigenvalue weighted by Crippen LogP contribution is -2.38. The molecule has 0 aliphatic rings. The Labute approximate surface area is 130 Å². The maximum absolute atomic E-state index is 12.1. The number of nitro groups is 1. The van der Waals surface area contributed by atoms with Crippen LogP contribution in [0, 0.1) is 10.1 Å². The monoisotopic (exact) mass is 324 g/mol. The molecule has 1 aromatic carbocycles. The van der Waals surface area contributed by atoms with E-state index in [1.54, 1.807) is 12.1 Å². The van der Waals surface area contributed by atoms with Gasteiger partial charge in [0.25, 0.3) is 11.6 Å². The fraction of sp³-hybridized carbons (Fsp3) is 0.214. The van der Waals surface area contributed by atoms with E-state index < -0.39 is 22.1 Å². The van der Waals surface area contributed by atoms with E-state index in [0.717, 1.165) is 6.07 Å². The molecule has 0 spiro atoms. The average molecular weight is 325 g/mol. The smallest absolute Gasteiger partial charge is 0.283 e. The third kappa shape index (κ3) is 3.44. The van der Waals surface area contributed by atoms with Gasteiger partial charge >= 0.3 is 0 Å². The number of nitro benzene ring substituents is 1. The molecule has 1 unspecified atom stereocenters. The normalized spacial score (nSPS) is 13.4. The minimum absolute atomic E-state index is 0.135. The summed E-state index contributed by atoms with van der Waals surface area (Å²) in [5, 5.41) is 23.8. The van der Waals surface area contributed by atoms with Crippen LogP contribution in [0.25, 0.3) is 0 Å². The van der Waals surface area contributed by atoms with Crippen LogP contribution in [-0.2, 0) is 5.60 Å². The number of aliphatic hydroxyl groups is 1. The summed E-state index contributed by atoms with van der Waals surface area (Å²) in [5.74, 6) is -0.409. The minimum Gasteiger partial charge on any atom is -0.466 e. The average Bonchev–Trinajstić information content (AvgIpc) is 2.99. The van der Waals surface area contributed by atoms with Crippen LogP contribution in [-0.4, -0.2) is 22.5 Å². The molecule has 0 aliphatic carbocycles. The molecule has 0 saturated heterocycles. The highest BCUT2D eigenvalue weighted by atomic mass is 35.5. The molecule has 1 amide bonds. The quantitative estimate of drug-likeness (QED) is 0.649. The second-order valence-electron chi connectivity index (χ2n) is 4.85. The Morgan fingerprint density at radius 1 is 1.50 bits per heavy atom. The van der Waals surface area contributed by atoms with Gasteiger partial charge in [-0.3, -0.25) is 14.9 Å². The summed E-state index contributed by atoms with van der Waals surface area (Å²) in [6.07, 6.45) is 1.40. The third-order valence-electron chi connectivity index (χ3n) is 3.05. The number of rotatable bonds is 5. The summed E-state index contributed by atoms with van der Waals surface area (Å²) in [5.41, 5.74) is -1.97. The SMILES string of the molecule is CC(O)(CNC(=O)c1ccc(Cl)cc1[N+](=O)[O-])c1ccco1. The highest BCUT2D eigenvalue weighted by Gasteiger charge is 2.28. The summed E-state index contributed by atoms with van der Waals surface area (Å²) < 4.78 is 5.09. The third-order valence-corrected chi connectivity index (χ3v) is 3.28. The molecular weight excluding hydrogens is 312 g/mol. The number of carbonyl (C=O) groups is 1. The van der Waals surface area contributed by atoms with Gasteiger partial charge in [-0.1, -0.05) is 11.6 Å². The van der Waals surface area contributed by atoms with Gasteiger partial charge in [0.15, 0.2) is 0 Å². The predicted molar refractivity (Wildman–Crippen MR) is 78.7 cm³/mol. The molecule has 2 aromatic rings. The van der Waals surface area contributed by atoms with Gasteiger partial charge in [0.2, 0.25) is 0 Å². The van der Waals surface area contributed by atoms with E-state index in [1.165, 1.54) is 25.3 Å². The standard InChI is InChI=1S/C14H13ClN2O5/c1-14(19,12-3-2-6-22-12)8-16-13(18)10-5-4-9(15)7-11(10)17(20)21/h2-7,19H,8H2,1H3,(H,16,18). The molecule has 0 aliphatic heterocycles. The molecule has 0 bridgehead atoms. The highest BCUT2D eigenvalue weighted by molar-refractivity contribution is 6.31. The molecule has 22 heavy (non-hydrogen) atoms. The van der Waals surface area contributed by atoms with Crippen molar-refractivity contribution in [1.82, 2.24) is 5.32 Å². The number of nitrogens with one attached hydrogen (secondary N) is 1. The lowest BCUT2D eigenvalue weighted by atomic mass is 10.0. The second kappa shape index (κ2) is 6.17. The van der Waals surface area contributed by atoms with Crippen molar-refractivity contribution in [2.24, 2.45) is 0 Å². The first-order valence-electron chi connectivity index (χ1n) is 6.30. The first kappa shape index (κ1) is 16.0. The predicted octanol–water partition coefficient (Wildman–Crippen LogP) is 2.48. The molecule has 0 fully saturated rings. The van der Waals surface area contributed by atoms with Gasteiger partial charge in [-0.05, 0) is 31.2 Å². The van der Waals surface area contributed by atoms with Gasteiger partial charge in [0.05, 0.1) is 17.7 Å². The Morgan fingerprint density at radius 2 is 2.23 bits per heavy atom. The molecule has 2 N–H and O–H groups in total. The Hall–Kier alpha value is -2.38. The van der Waals surface area contributed by atoms with Crippen LogP contribution >= 0.6 is 11.6 Å². The van der Waals surface area contributed by atoms with Crippen LogP contribution in [0.4, 0.5) is 5.69 Å². The Morgan fingerprint density at radius 3 is 2.82 bits per heavy atom. The number of furan rings is 1. The summed E-state index contributed by atoms with van der Waals surface area (Å²) in [4.78, 5) is 22.4. The molecule has 116 valence electrons. The molecule has 7 nitrogen and oxygen atoms in total. The molecular formula is C14H13ClN2O5. The fourth-order valence-corrected chi connectivity index (χ4v) is 2.03. The van der Waals surface area contributed by atoms with Crippen LogP contribution in [0.1, 0.15) is 23.0 Å². The van der Waals surface area contributed by atoms with Gasteiger partial charge in [0.1, 0.15) is 16.9 Å². The zero-order valence-corrected chi connectivity index (χ0v) is 12.3. The van der Waals surface area contributed by atoms with E-state index in [1.807, 2.05) is 0 Å². The molecule has 0 radical (unpaired) electrons. The molecule has 1 atom stereocenters. The van der Waals surface area contributed by atoms with E-state index in [0.29, 0.717) is 0 Å². The van der Waals surface area contributed by atoms with Crippen molar-refractivity contribution in [2.45, 2.75) is 12.5 Å². The van der Waals surface area contributed by atoms with Crippen LogP contribution in [0.5, 0.6) is 0 Å². The fourth-order valence-electron chi connectivity index (χ4n) is 1.87. The summed E-state index contributed by atoms with van der Waals surface area (Å²) in [6.45, 7) is 1.29. The lowest BCUT2D eigenvalue weighted by Gasteiger charge is -2.21. The van der Waals surface area contributed by atoms with Crippen molar-refractivity contribution >= 4 is 23.2 Å². The minimum atomic E-state index is -1.43. The summed E-state index contributed by atoms with van der Waals surface area (Å²) in [6, 6.07) is 6.92. The van der Waals surface area contributed by atoms with E-state index in [-0.39, 0.29) is 22.9 Å². The van der Waals surface area contributed by atoms with Gasteiger partial charge in [0, 0.05) is 11.1 Å². The molecule has 2 rings (SSSR count). The maximum atomic E-state index is 12.1. The summed E-state index contributed by atoms with van der Waals surface area (Å²) >= 11 is 5.69. The van der Waals surface area contributed by atoms with Crippen molar-refractivity contribution in [2.75, 3.05) is 6.54 Å². The number of carbonyl (C=O) groups excluding carboxylic acids is 1. The van der Waals surface area contributed by atoms with Gasteiger partial charge in [-0.15, -0.1) is 0 Å². The van der Waals surface area contributed by atoms with Crippen LogP contribution in [0.2, 0.25) is 5.02 Å². The van der Waals surface area contributed by atoms with Crippen molar-refractivity contribution in [1.29, 1.82) is 0 Å². The molecule has 0 saturated carbocycles. The van der Waals surface area contributed by atoms with Crippen molar-refractivity contribution < 1.29 is 19.2 Å². The number of nitrogens with zero attached hydrogens (tertiary/aromatic N) is 1. The van der Waals surface area contributed by atoms with Gasteiger partial charge < -0.3 is 14.8 Å². The van der Waals surface area contributed by atoms with E-state index in [4.69, 9.17) is 16.0 Å². The number of halogens is 1. The maximum Gasteiger partial charge on any atom is 0.283 e. The number of hydrogen-bond acceptors (Lipinski definition) is 5. The van der Waals surface area contributed by atoms with Gasteiger partial charge in [-0.25, -0.2) is 0 Å². The summed E-state index contributed by atoms with van der Waals surface area (Å²) in [7, 11) is 0. The molecule has 1 heterocycles. The van der Waals surface area contributed by atoms with Crippen molar-refractivity contribution in [3.8, 4) is 0 Å². The van der Waals surface area contributed by atoms with E-state index in [2.05, 4.69) is 5.32 Å². The number of amides is 1. The lowest BCUT2D eigenvalue weighted by molar-refractivity contribution is -0.385. The Bertz CT molecular complexity index is 697. The Balaban J connectivity index is 2.15. The van der Waals surface area contributed by atoms with Crippen LogP contribution in [0.15, 0.2) is 41.0 Å². The first-order chi connectivity index (χ1) is 10.3. The van der Waals surface area contributed by atoms with Crippen molar-refractivity contribution in [3.05, 3.63) is 63.1 Å². The van der Waals surface area contributed by atoms with E-state index >= 15 is 0 Å². The number of hydrogen-bond donors (Lipinski definition) is 2. The largest absolute Gasteiger partial charge is 0.466 e. The molecule has 1 aromatic heterocycles. The van der Waals surface area contributed by atoms with Crippen LogP contribution < -0.4 is 5.32 Å². The molecule has 8 heteroatoms. The van der Waals surface area contributed by atoms with Crippen molar-refractivity contribution in [3.63, 3.8) is 0 Å². The zero-order chi connectivity index (χ0) is 16.3. The second-order valence-corrected chi connectivity index (χ2v) is 5.29. The first-order valence-corrected chi connectivity index (χ1v) is 6.67. The van der Waals surface area contributed by atoms with Crippen LogP contribution in [0.3, 0.4) is 0 Å². The number of benzene rings is 1. The highest BCUT2D eigenvalue weighted by Crippen LogP contribution is 2.24. The van der Waals surface area contributed by atoms with E-state index in [9.17, 15) is 20.0 Å². The zero-order valence-electron chi connectivity index (χ0n) is 11.6. The van der Waals surface area contributed by atoms with Gasteiger partial charge in [-0.2, -0.15) is 0 Å². The topological polar surface area (TPSA) is 106 Å².